The van der Waals surface area contributed by atoms with E-state index in [0.29, 0.717) is 11.4 Å². The normalized spacial score (nSPS) is 9.27. The summed E-state index contributed by atoms with van der Waals surface area (Å²) in [4.78, 5) is 7.91. The molecule has 0 aliphatic carbocycles. The third-order valence-electron chi connectivity index (χ3n) is 2.05. The van der Waals surface area contributed by atoms with E-state index in [-0.39, 0.29) is 0 Å². The van der Waals surface area contributed by atoms with Crippen LogP contribution >= 0.6 is 12.2 Å². The van der Waals surface area contributed by atoms with Crippen molar-refractivity contribution in [1.29, 1.82) is 5.26 Å². The maximum Gasteiger partial charge on any atom is 0.148 e. The third kappa shape index (κ3) is 1.62. The van der Waals surface area contributed by atoms with E-state index in [1.165, 1.54) is 6.20 Å². The zero-order chi connectivity index (χ0) is 10.7. The molecule has 0 radical (unpaired) electrons. The lowest BCUT2D eigenvalue weighted by Crippen LogP contribution is -1.84. The number of aromatic nitrogens is 1. The SMILES string of the molecule is N#Cc1ncc(N=C=S)c2ccccc12. The number of pyridine rings is 1. The quantitative estimate of drug-likeness (QED) is 0.538. The van der Waals surface area contributed by atoms with Crippen molar-refractivity contribution in [3.8, 4) is 6.07 Å². The van der Waals surface area contributed by atoms with E-state index in [1.807, 2.05) is 30.3 Å². The Balaban J connectivity index is 2.90. The second kappa shape index (κ2) is 3.97. The molecule has 0 spiro atoms. The molecule has 3 nitrogen and oxygen atoms in total. The molecule has 0 aliphatic heterocycles. The van der Waals surface area contributed by atoms with E-state index >= 15 is 0 Å². The van der Waals surface area contributed by atoms with E-state index < -0.39 is 0 Å². The average Bonchev–Trinajstić information content (AvgIpc) is 2.30. The summed E-state index contributed by atoms with van der Waals surface area (Å²) in [7, 11) is 0. The first kappa shape index (κ1) is 9.47. The monoisotopic (exact) mass is 211 g/mol. The number of rotatable bonds is 1. The van der Waals surface area contributed by atoms with Crippen molar-refractivity contribution >= 4 is 33.8 Å². The van der Waals surface area contributed by atoms with Gasteiger partial charge in [0.25, 0.3) is 0 Å². The van der Waals surface area contributed by atoms with Crippen molar-refractivity contribution in [2.24, 2.45) is 4.99 Å². The maximum atomic E-state index is 8.88. The van der Waals surface area contributed by atoms with Gasteiger partial charge in [-0.15, -0.1) is 0 Å². The van der Waals surface area contributed by atoms with Gasteiger partial charge in [0, 0.05) is 10.8 Å². The van der Waals surface area contributed by atoms with Crippen LogP contribution in [-0.2, 0) is 0 Å². The summed E-state index contributed by atoms with van der Waals surface area (Å²) in [6.45, 7) is 0. The van der Waals surface area contributed by atoms with E-state index in [0.717, 1.165) is 10.8 Å². The molecule has 1 heterocycles. The predicted octanol–water partition coefficient (Wildman–Crippen LogP) is 2.84. The number of benzene rings is 1. The smallest absolute Gasteiger partial charge is 0.148 e. The first-order valence-corrected chi connectivity index (χ1v) is 4.63. The molecule has 0 amide bonds. The molecule has 4 heteroatoms. The number of hydrogen-bond donors (Lipinski definition) is 0. The number of isothiocyanates is 1. The lowest BCUT2D eigenvalue weighted by molar-refractivity contribution is 1.29. The lowest BCUT2D eigenvalue weighted by atomic mass is 10.1. The Kier molecular flexibility index (Phi) is 2.51. The van der Waals surface area contributed by atoms with Gasteiger partial charge in [-0.3, -0.25) is 0 Å². The zero-order valence-electron chi connectivity index (χ0n) is 7.64. The fourth-order valence-corrected chi connectivity index (χ4v) is 1.50. The minimum absolute atomic E-state index is 0.397. The number of hydrogen-bond acceptors (Lipinski definition) is 4. The fraction of sp³-hybridized carbons (Fsp3) is 0. The third-order valence-corrected chi connectivity index (χ3v) is 2.14. The topological polar surface area (TPSA) is 49.0 Å². The maximum absolute atomic E-state index is 8.88. The second-order valence-corrected chi connectivity index (χ2v) is 3.04. The van der Waals surface area contributed by atoms with Gasteiger partial charge in [0.05, 0.1) is 11.4 Å². The van der Waals surface area contributed by atoms with Crippen molar-refractivity contribution < 1.29 is 0 Å². The number of aliphatic imine (C=N–C) groups is 1. The molecule has 0 saturated heterocycles. The molecule has 0 aliphatic rings. The van der Waals surface area contributed by atoms with Crippen LogP contribution in [0.5, 0.6) is 0 Å². The Bertz CT molecular complexity index is 607. The van der Waals surface area contributed by atoms with Crippen LogP contribution in [-0.4, -0.2) is 10.1 Å². The molecule has 2 rings (SSSR count). The summed E-state index contributed by atoms with van der Waals surface area (Å²) in [6.07, 6.45) is 1.53. The molecule has 1 aromatic carbocycles. The fourth-order valence-electron chi connectivity index (χ4n) is 1.41. The van der Waals surface area contributed by atoms with Crippen LogP contribution in [0.1, 0.15) is 5.69 Å². The Morgan fingerprint density at radius 2 is 2.00 bits per heavy atom. The summed E-state index contributed by atoms with van der Waals surface area (Å²) in [6, 6.07) is 9.49. The van der Waals surface area contributed by atoms with Gasteiger partial charge in [0.1, 0.15) is 17.5 Å². The Hall–Kier alpha value is -2.08. The van der Waals surface area contributed by atoms with E-state index in [4.69, 9.17) is 5.26 Å². The van der Waals surface area contributed by atoms with Crippen molar-refractivity contribution in [3.05, 3.63) is 36.2 Å². The van der Waals surface area contributed by atoms with E-state index in [1.54, 1.807) is 0 Å². The first-order chi connectivity index (χ1) is 7.36. The molecule has 70 valence electrons. The largest absolute Gasteiger partial charge is 0.243 e. The highest BCUT2D eigenvalue weighted by molar-refractivity contribution is 7.78. The van der Waals surface area contributed by atoms with Crippen molar-refractivity contribution in [1.82, 2.24) is 4.98 Å². The van der Waals surface area contributed by atoms with Gasteiger partial charge in [-0.05, 0) is 12.2 Å². The highest BCUT2D eigenvalue weighted by Crippen LogP contribution is 2.26. The molecule has 0 fully saturated rings. The van der Waals surface area contributed by atoms with Crippen LogP contribution in [0.4, 0.5) is 5.69 Å². The number of nitriles is 1. The molecule has 15 heavy (non-hydrogen) atoms. The predicted molar refractivity (Wildman–Crippen MR) is 61.1 cm³/mol. The molecular formula is C11H5N3S. The molecule has 1 aromatic heterocycles. The van der Waals surface area contributed by atoms with Gasteiger partial charge in [0.2, 0.25) is 0 Å². The van der Waals surface area contributed by atoms with E-state index in [2.05, 4.69) is 27.4 Å². The van der Waals surface area contributed by atoms with Gasteiger partial charge in [-0.1, -0.05) is 24.3 Å². The minimum atomic E-state index is 0.397. The number of nitrogens with zero attached hydrogens (tertiary/aromatic N) is 3. The molecule has 0 N–H and O–H groups in total. The van der Waals surface area contributed by atoms with Gasteiger partial charge in [-0.25, -0.2) is 4.98 Å². The van der Waals surface area contributed by atoms with Crippen LogP contribution in [0.25, 0.3) is 10.8 Å². The lowest BCUT2D eigenvalue weighted by Gasteiger charge is -2.00. The highest BCUT2D eigenvalue weighted by Gasteiger charge is 2.04. The van der Waals surface area contributed by atoms with Crippen molar-refractivity contribution in [2.75, 3.05) is 0 Å². The van der Waals surface area contributed by atoms with Gasteiger partial charge in [0.15, 0.2) is 0 Å². The Morgan fingerprint density at radius 1 is 1.27 bits per heavy atom. The van der Waals surface area contributed by atoms with Crippen LogP contribution < -0.4 is 0 Å². The molecule has 2 aromatic rings. The molecule has 0 bridgehead atoms. The van der Waals surface area contributed by atoms with Crippen LogP contribution in [0.3, 0.4) is 0 Å². The van der Waals surface area contributed by atoms with Crippen LogP contribution in [0.15, 0.2) is 35.5 Å². The summed E-state index contributed by atoms with van der Waals surface area (Å²) in [5.41, 5.74) is 1.04. The van der Waals surface area contributed by atoms with Gasteiger partial charge >= 0.3 is 0 Å². The zero-order valence-corrected chi connectivity index (χ0v) is 8.45. The first-order valence-electron chi connectivity index (χ1n) is 4.22. The standard InChI is InChI=1S/C11H5N3S/c12-5-10-8-3-1-2-4-9(8)11(6-13-10)14-7-15/h1-4,6H. The van der Waals surface area contributed by atoms with Gasteiger partial charge < -0.3 is 0 Å². The van der Waals surface area contributed by atoms with Crippen LogP contribution in [0, 0.1) is 11.3 Å². The number of thiocarbonyl (C=S) groups is 1. The van der Waals surface area contributed by atoms with Gasteiger partial charge in [-0.2, -0.15) is 10.3 Å². The molecule has 0 unspecified atom stereocenters. The molecule has 0 saturated carbocycles. The summed E-state index contributed by atoms with van der Waals surface area (Å²) in [5, 5.41) is 12.8. The number of fused-ring (bicyclic) bond motifs is 1. The average molecular weight is 211 g/mol. The second-order valence-electron chi connectivity index (χ2n) is 2.85. The van der Waals surface area contributed by atoms with Crippen molar-refractivity contribution in [3.63, 3.8) is 0 Å². The van der Waals surface area contributed by atoms with Crippen LogP contribution in [0.2, 0.25) is 0 Å². The molecular weight excluding hydrogens is 206 g/mol. The summed E-state index contributed by atoms with van der Waals surface area (Å²) < 4.78 is 0. The Morgan fingerprint density at radius 3 is 2.67 bits per heavy atom. The summed E-state index contributed by atoms with van der Waals surface area (Å²) >= 11 is 4.55. The highest BCUT2D eigenvalue weighted by atomic mass is 32.1. The van der Waals surface area contributed by atoms with E-state index in [9.17, 15) is 0 Å². The van der Waals surface area contributed by atoms with Crippen molar-refractivity contribution in [2.45, 2.75) is 0 Å². The molecule has 0 atom stereocenters. The minimum Gasteiger partial charge on any atom is -0.243 e. The summed E-state index contributed by atoms with van der Waals surface area (Å²) in [5.74, 6) is 0. The Labute approximate surface area is 91.7 Å².